The fraction of sp³-hybridized carbons (Fsp3) is 0.222. The van der Waals surface area contributed by atoms with Crippen LogP contribution in [0.3, 0.4) is 0 Å². The van der Waals surface area contributed by atoms with E-state index in [9.17, 15) is 4.79 Å². The van der Waals surface area contributed by atoms with E-state index in [1.165, 1.54) is 0 Å². The number of hydrogen-bond donors (Lipinski definition) is 1. The van der Waals surface area contributed by atoms with Gasteiger partial charge in [-0.1, -0.05) is 11.5 Å². The molecule has 1 aromatic carbocycles. The molecule has 1 aromatic rings. The van der Waals surface area contributed by atoms with Gasteiger partial charge in [-0.2, -0.15) is 0 Å². The molecule has 0 saturated carbocycles. The number of ether oxygens (including phenoxy) is 1. The predicted molar refractivity (Wildman–Crippen MR) is 50.5 cm³/mol. The Balaban J connectivity index is 2.42. The van der Waals surface area contributed by atoms with Gasteiger partial charge >= 0.3 is 0 Å². The molecule has 0 spiro atoms. The number of nitrogens with one attached hydrogen (secondary N) is 1. The van der Waals surface area contributed by atoms with Crippen molar-refractivity contribution in [2.45, 2.75) is 13.0 Å². The highest BCUT2D eigenvalue weighted by Gasteiger charge is 2.22. The van der Waals surface area contributed by atoms with Crippen LogP contribution in [0.15, 0.2) is 18.2 Å². The first-order valence-corrected chi connectivity index (χ1v) is 4.04. The van der Waals surface area contributed by atoms with E-state index >= 15 is 0 Å². The third-order valence-electron chi connectivity index (χ3n) is 1.94. The number of fused-ring (bicyclic) bond motifs is 1. The second-order valence-electron chi connectivity index (χ2n) is 3.00. The van der Waals surface area contributed by atoms with Crippen molar-refractivity contribution in [1.82, 2.24) is 0 Å². The number of carbonyl (C=O) groups excluding carboxylic acids is 1. The number of hydrogen-bond acceptors (Lipinski definition) is 2. The summed E-state index contributed by atoms with van der Waals surface area (Å²) in [5.74, 6) is 0.504. The number of benzene rings is 1. The molecule has 1 heterocycles. The summed E-state index contributed by atoms with van der Waals surface area (Å²) in [5, 5.41) is 2.72. The molecule has 1 amide bonds. The van der Waals surface area contributed by atoms with Crippen LogP contribution >= 0.6 is 0 Å². The topological polar surface area (TPSA) is 38.3 Å². The molecule has 2 radical (unpaired) electrons. The van der Waals surface area contributed by atoms with E-state index in [1.807, 2.05) is 0 Å². The summed E-state index contributed by atoms with van der Waals surface area (Å²) in [6.45, 7) is 1.70. The quantitative estimate of drug-likeness (QED) is 0.569. The summed E-state index contributed by atoms with van der Waals surface area (Å²) in [6, 6.07) is 5.15. The highest BCUT2D eigenvalue weighted by atomic mass is 16.5. The third-order valence-corrected chi connectivity index (χ3v) is 1.94. The Morgan fingerprint density at radius 3 is 3.08 bits per heavy atom. The van der Waals surface area contributed by atoms with Gasteiger partial charge in [0.25, 0.3) is 5.91 Å². The van der Waals surface area contributed by atoms with Gasteiger partial charge in [-0.15, -0.1) is 0 Å². The Morgan fingerprint density at radius 2 is 2.31 bits per heavy atom. The summed E-state index contributed by atoms with van der Waals surface area (Å²) >= 11 is 0. The summed E-state index contributed by atoms with van der Waals surface area (Å²) in [5.41, 5.74) is 1.30. The summed E-state index contributed by atoms with van der Waals surface area (Å²) in [6.07, 6.45) is -0.450. The molecular formula is C9H8BNO2. The van der Waals surface area contributed by atoms with Gasteiger partial charge < -0.3 is 10.1 Å². The normalized spacial score (nSPS) is 20.1. The minimum Gasteiger partial charge on any atom is -0.479 e. The fourth-order valence-electron chi connectivity index (χ4n) is 1.22. The molecule has 0 aliphatic carbocycles. The van der Waals surface area contributed by atoms with E-state index in [-0.39, 0.29) is 5.91 Å². The van der Waals surface area contributed by atoms with Crippen molar-refractivity contribution in [3.63, 3.8) is 0 Å². The standard InChI is InChI=1S/C9H8BNO2/c1-5-9(12)11-7-3-2-6(10)4-8(7)13-5/h2-5H,1H3,(H,11,12). The smallest absolute Gasteiger partial charge is 0.265 e. The molecule has 0 fully saturated rings. The van der Waals surface area contributed by atoms with Crippen molar-refractivity contribution in [2.75, 3.05) is 5.32 Å². The highest BCUT2D eigenvalue weighted by Crippen LogP contribution is 2.27. The molecule has 4 heteroatoms. The Hall–Kier alpha value is -1.45. The average Bonchev–Trinajstić information content (AvgIpc) is 2.08. The molecule has 1 aliphatic rings. The SMILES string of the molecule is [B]c1ccc2c(c1)OC(C)C(=O)N2. The van der Waals surface area contributed by atoms with E-state index < -0.39 is 6.10 Å². The molecular weight excluding hydrogens is 165 g/mol. The molecule has 64 valence electrons. The summed E-state index contributed by atoms with van der Waals surface area (Å²) < 4.78 is 5.33. The first-order chi connectivity index (χ1) is 6.16. The van der Waals surface area contributed by atoms with E-state index in [0.29, 0.717) is 16.9 Å². The maximum atomic E-state index is 11.2. The first kappa shape index (κ1) is 8.17. The lowest BCUT2D eigenvalue weighted by Gasteiger charge is -2.23. The molecule has 0 aromatic heterocycles. The van der Waals surface area contributed by atoms with Gasteiger partial charge in [0.05, 0.1) is 5.69 Å². The largest absolute Gasteiger partial charge is 0.479 e. The second-order valence-corrected chi connectivity index (χ2v) is 3.00. The molecule has 3 nitrogen and oxygen atoms in total. The van der Waals surface area contributed by atoms with Gasteiger partial charge in [-0.25, -0.2) is 0 Å². The zero-order valence-corrected chi connectivity index (χ0v) is 7.20. The lowest BCUT2D eigenvalue weighted by Crippen LogP contribution is -2.34. The molecule has 1 aliphatic heterocycles. The van der Waals surface area contributed by atoms with Crippen LogP contribution in [-0.4, -0.2) is 19.9 Å². The van der Waals surface area contributed by atoms with Crippen molar-refractivity contribution in [1.29, 1.82) is 0 Å². The fourth-order valence-corrected chi connectivity index (χ4v) is 1.22. The van der Waals surface area contributed by atoms with Crippen LogP contribution in [0.25, 0.3) is 0 Å². The van der Waals surface area contributed by atoms with Gasteiger partial charge in [-0.3, -0.25) is 4.79 Å². The van der Waals surface area contributed by atoms with E-state index in [0.717, 1.165) is 0 Å². The van der Waals surface area contributed by atoms with Crippen LogP contribution in [0, 0.1) is 0 Å². The summed E-state index contributed by atoms with van der Waals surface area (Å²) in [4.78, 5) is 11.2. The van der Waals surface area contributed by atoms with Crippen molar-refractivity contribution in [3.05, 3.63) is 18.2 Å². The minimum absolute atomic E-state index is 0.128. The van der Waals surface area contributed by atoms with Gasteiger partial charge in [0.1, 0.15) is 13.6 Å². The van der Waals surface area contributed by atoms with Crippen molar-refractivity contribution >= 4 is 24.9 Å². The molecule has 0 bridgehead atoms. The Morgan fingerprint density at radius 1 is 1.54 bits per heavy atom. The van der Waals surface area contributed by atoms with Gasteiger partial charge in [0.2, 0.25) is 0 Å². The molecule has 1 unspecified atom stereocenters. The number of rotatable bonds is 0. The first-order valence-electron chi connectivity index (χ1n) is 4.04. The molecule has 1 atom stereocenters. The monoisotopic (exact) mass is 173 g/mol. The summed E-state index contributed by atoms with van der Waals surface area (Å²) in [7, 11) is 5.57. The van der Waals surface area contributed by atoms with Gasteiger partial charge in [0, 0.05) is 0 Å². The van der Waals surface area contributed by atoms with Gasteiger partial charge in [0.15, 0.2) is 6.10 Å². The third kappa shape index (κ3) is 1.39. The Kier molecular flexibility index (Phi) is 1.76. The maximum Gasteiger partial charge on any atom is 0.265 e. The van der Waals surface area contributed by atoms with E-state index in [1.54, 1.807) is 25.1 Å². The number of anilines is 1. The van der Waals surface area contributed by atoms with Crippen LogP contribution in [0.1, 0.15) is 6.92 Å². The lowest BCUT2D eigenvalue weighted by molar-refractivity contribution is -0.122. The predicted octanol–water partition coefficient (Wildman–Crippen LogP) is 0.200. The van der Waals surface area contributed by atoms with Crippen molar-refractivity contribution < 1.29 is 9.53 Å². The molecule has 13 heavy (non-hydrogen) atoms. The van der Waals surface area contributed by atoms with E-state index in [4.69, 9.17) is 12.6 Å². The van der Waals surface area contributed by atoms with Crippen LogP contribution in [-0.2, 0) is 4.79 Å². The molecule has 0 saturated heterocycles. The zero-order valence-electron chi connectivity index (χ0n) is 7.20. The van der Waals surface area contributed by atoms with Crippen molar-refractivity contribution in [2.24, 2.45) is 0 Å². The second kappa shape index (κ2) is 2.80. The minimum atomic E-state index is -0.450. The lowest BCUT2D eigenvalue weighted by atomic mass is 9.95. The van der Waals surface area contributed by atoms with Crippen LogP contribution < -0.4 is 15.5 Å². The average molecular weight is 173 g/mol. The Labute approximate surface area is 77.5 Å². The van der Waals surface area contributed by atoms with Crippen molar-refractivity contribution in [3.8, 4) is 5.75 Å². The van der Waals surface area contributed by atoms with Gasteiger partial charge in [-0.05, 0) is 19.1 Å². The highest BCUT2D eigenvalue weighted by molar-refractivity contribution is 6.32. The number of amides is 1. The Bertz CT molecular complexity index is 365. The van der Waals surface area contributed by atoms with E-state index in [2.05, 4.69) is 5.32 Å². The number of carbonyl (C=O) groups is 1. The molecule has 2 rings (SSSR count). The van der Waals surface area contributed by atoms with Crippen LogP contribution in [0.2, 0.25) is 0 Å². The van der Waals surface area contributed by atoms with Crippen LogP contribution in [0.5, 0.6) is 5.75 Å². The molecule has 1 N–H and O–H groups in total. The maximum absolute atomic E-state index is 11.2. The zero-order chi connectivity index (χ0) is 9.42. The van der Waals surface area contributed by atoms with Crippen LogP contribution in [0.4, 0.5) is 5.69 Å².